The molecule has 5 heteroatoms. The topological polar surface area (TPSA) is 75.4 Å². The van der Waals surface area contributed by atoms with Crippen LogP contribution in [0, 0.1) is 5.92 Å². The van der Waals surface area contributed by atoms with Gasteiger partial charge in [0.1, 0.15) is 0 Å². The predicted molar refractivity (Wildman–Crippen MR) is 87.2 cm³/mol. The molecule has 0 atom stereocenters. The summed E-state index contributed by atoms with van der Waals surface area (Å²) in [5.74, 6) is 0.985. The number of nitrogens with zero attached hydrogens (tertiary/aromatic N) is 1. The third-order valence-corrected chi connectivity index (χ3v) is 4.90. The van der Waals surface area contributed by atoms with Gasteiger partial charge in [0.2, 0.25) is 11.8 Å². The second-order valence-corrected chi connectivity index (χ2v) is 6.87. The normalized spacial score (nSPS) is 19.8. The molecule has 1 saturated heterocycles. The van der Waals surface area contributed by atoms with Gasteiger partial charge in [0.15, 0.2) is 0 Å². The summed E-state index contributed by atoms with van der Waals surface area (Å²) in [7, 11) is 0. The molecule has 1 aliphatic carbocycles. The van der Waals surface area contributed by atoms with E-state index in [1.165, 1.54) is 32.1 Å². The second-order valence-electron chi connectivity index (χ2n) is 6.87. The van der Waals surface area contributed by atoms with Gasteiger partial charge < -0.3 is 16.0 Å². The Balaban J connectivity index is 1.54. The third kappa shape index (κ3) is 5.59. The molecule has 2 amide bonds. The summed E-state index contributed by atoms with van der Waals surface area (Å²) in [6.07, 6.45) is 10.5. The summed E-state index contributed by atoms with van der Waals surface area (Å²) in [6, 6.07) is 0.164. The van der Waals surface area contributed by atoms with Crippen molar-refractivity contribution in [2.75, 3.05) is 19.6 Å². The lowest BCUT2D eigenvalue weighted by molar-refractivity contribution is -0.139. The lowest BCUT2D eigenvalue weighted by Crippen LogP contribution is -2.61. The molecular weight excluding hydrogens is 278 g/mol. The van der Waals surface area contributed by atoms with Gasteiger partial charge in [-0.3, -0.25) is 9.59 Å². The quantitative estimate of drug-likeness (QED) is 0.671. The highest BCUT2D eigenvalue weighted by atomic mass is 16.2. The maximum absolute atomic E-state index is 12.2. The number of rotatable bonds is 8. The standard InChI is InChI=1S/C17H31N3O2/c18-10-6-2-5-9-16(21)19-15-12-20(13-15)17(22)11-14-7-3-1-4-8-14/h14-15H,1-13,18H2,(H,19,21). The zero-order valence-electron chi connectivity index (χ0n) is 13.7. The first-order chi connectivity index (χ1) is 10.7. The maximum Gasteiger partial charge on any atom is 0.222 e. The Labute approximate surface area is 134 Å². The molecule has 5 nitrogen and oxygen atoms in total. The fourth-order valence-electron chi connectivity index (χ4n) is 3.45. The van der Waals surface area contributed by atoms with Crippen molar-refractivity contribution in [2.24, 2.45) is 11.7 Å². The number of nitrogens with one attached hydrogen (secondary N) is 1. The predicted octanol–water partition coefficient (Wildman–Crippen LogP) is 1.80. The van der Waals surface area contributed by atoms with Crippen LogP contribution >= 0.6 is 0 Å². The van der Waals surface area contributed by atoms with Crippen LogP contribution in [0.25, 0.3) is 0 Å². The largest absolute Gasteiger partial charge is 0.350 e. The average Bonchev–Trinajstić information content (AvgIpc) is 2.48. The highest BCUT2D eigenvalue weighted by Gasteiger charge is 2.32. The van der Waals surface area contributed by atoms with E-state index in [1.807, 2.05) is 4.90 Å². The number of nitrogens with two attached hydrogens (primary N) is 1. The van der Waals surface area contributed by atoms with Crippen molar-refractivity contribution in [1.29, 1.82) is 0 Å². The molecule has 126 valence electrons. The Morgan fingerprint density at radius 2 is 1.77 bits per heavy atom. The molecule has 0 bridgehead atoms. The van der Waals surface area contributed by atoms with E-state index in [2.05, 4.69) is 5.32 Å². The Morgan fingerprint density at radius 1 is 1.05 bits per heavy atom. The second kappa shape index (κ2) is 9.13. The molecule has 1 aliphatic heterocycles. The van der Waals surface area contributed by atoms with E-state index in [9.17, 15) is 9.59 Å². The van der Waals surface area contributed by atoms with Gasteiger partial charge >= 0.3 is 0 Å². The molecule has 0 unspecified atom stereocenters. The van der Waals surface area contributed by atoms with Crippen LogP contribution in [0.4, 0.5) is 0 Å². The smallest absolute Gasteiger partial charge is 0.222 e. The van der Waals surface area contributed by atoms with Crippen LogP contribution in [-0.4, -0.2) is 42.4 Å². The van der Waals surface area contributed by atoms with Gasteiger partial charge in [-0.15, -0.1) is 0 Å². The van der Waals surface area contributed by atoms with Gasteiger partial charge in [-0.25, -0.2) is 0 Å². The van der Waals surface area contributed by atoms with E-state index in [0.717, 1.165) is 19.3 Å². The number of hydrogen-bond donors (Lipinski definition) is 2. The fraction of sp³-hybridized carbons (Fsp3) is 0.882. The number of likely N-dealkylation sites (tertiary alicyclic amines) is 1. The Hall–Kier alpha value is -1.10. The van der Waals surface area contributed by atoms with Crippen LogP contribution in [0.15, 0.2) is 0 Å². The van der Waals surface area contributed by atoms with Gasteiger partial charge in [0, 0.05) is 25.9 Å². The molecule has 2 aliphatic rings. The first-order valence-electron chi connectivity index (χ1n) is 8.96. The SMILES string of the molecule is NCCCCCC(=O)NC1CN(C(=O)CC2CCCCC2)C1. The summed E-state index contributed by atoms with van der Waals surface area (Å²) in [6.45, 7) is 2.09. The number of hydrogen-bond acceptors (Lipinski definition) is 3. The minimum atomic E-state index is 0.112. The van der Waals surface area contributed by atoms with Crippen molar-refractivity contribution >= 4 is 11.8 Å². The average molecular weight is 309 g/mol. The molecule has 0 spiro atoms. The van der Waals surface area contributed by atoms with Crippen molar-refractivity contribution in [1.82, 2.24) is 10.2 Å². The van der Waals surface area contributed by atoms with Crippen molar-refractivity contribution in [3.8, 4) is 0 Å². The van der Waals surface area contributed by atoms with Crippen LogP contribution in [-0.2, 0) is 9.59 Å². The summed E-state index contributed by atoms with van der Waals surface area (Å²) in [5.41, 5.74) is 5.43. The van der Waals surface area contributed by atoms with E-state index in [-0.39, 0.29) is 17.9 Å². The molecule has 2 fully saturated rings. The molecule has 1 saturated carbocycles. The Bertz CT molecular complexity index is 361. The molecule has 0 aromatic heterocycles. The lowest BCUT2D eigenvalue weighted by Gasteiger charge is -2.40. The van der Waals surface area contributed by atoms with Gasteiger partial charge in [-0.2, -0.15) is 0 Å². The molecular formula is C17H31N3O2. The third-order valence-electron chi connectivity index (χ3n) is 4.90. The minimum absolute atomic E-state index is 0.112. The van der Waals surface area contributed by atoms with E-state index >= 15 is 0 Å². The van der Waals surface area contributed by atoms with Crippen molar-refractivity contribution in [2.45, 2.75) is 70.3 Å². The number of carbonyl (C=O) groups is 2. The Morgan fingerprint density at radius 3 is 2.45 bits per heavy atom. The summed E-state index contributed by atoms with van der Waals surface area (Å²) < 4.78 is 0. The minimum Gasteiger partial charge on any atom is -0.350 e. The summed E-state index contributed by atoms with van der Waals surface area (Å²) >= 11 is 0. The Kier molecular flexibility index (Phi) is 7.16. The highest BCUT2D eigenvalue weighted by Crippen LogP contribution is 2.27. The molecule has 0 aromatic rings. The van der Waals surface area contributed by atoms with Crippen LogP contribution in [0.5, 0.6) is 0 Å². The van der Waals surface area contributed by atoms with Crippen LogP contribution < -0.4 is 11.1 Å². The van der Waals surface area contributed by atoms with E-state index in [4.69, 9.17) is 5.73 Å². The van der Waals surface area contributed by atoms with E-state index in [0.29, 0.717) is 38.4 Å². The van der Waals surface area contributed by atoms with Gasteiger partial charge in [0.25, 0.3) is 0 Å². The van der Waals surface area contributed by atoms with E-state index < -0.39 is 0 Å². The lowest BCUT2D eigenvalue weighted by atomic mass is 9.86. The molecule has 2 rings (SSSR count). The monoisotopic (exact) mass is 309 g/mol. The molecule has 22 heavy (non-hydrogen) atoms. The van der Waals surface area contributed by atoms with Gasteiger partial charge in [-0.1, -0.05) is 25.7 Å². The van der Waals surface area contributed by atoms with Crippen molar-refractivity contribution < 1.29 is 9.59 Å². The number of amides is 2. The van der Waals surface area contributed by atoms with Gasteiger partial charge in [0.05, 0.1) is 6.04 Å². The van der Waals surface area contributed by atoms with Crippen LogP contribution in [0.2, 0.25) is 0 Å². The fourth-order valence-corrected chi connectivity index (χ4v) is 3.45. The maximum atomic E-state index is 12.2. The summed E-state index contributed by atoms with van der Waals surface area (Å²) in [4.78, 5) is 25.8. The van der Waals surface area contributed by atoms with Crippen molar-refractivity contribution in [3.63, 3.8) is 0 Å². The molecule has 0 aromatic carbocycles. The molecule has 3 N–H and O–H groups in total. The van der Waals surface area contributed by atoms with Crippen molar-refractivity contribution in [3.05, 3.63) is 0 Å². The van der Waals surface area contributed by atoms with Crippen LogP contribution in [0.1, 0.15) is 64.2 Å². The number of unbranched alkanes of at least 4 members (excludes halogenated alkanes) is 2. The first-order valence-corrected chi connectivity index (χ1v) is 8.96. The highest BCUT2D eigenvalue weighted by molar-refractivity contribution is 5.79. The molecule has 1 heterocycles. The zero-order valence-corrected chi connectivity index (χ0v) is 13.7. The first kappa shape index (κ1) is 17.3. The number of carbonyl (C=O) groups excluding carboxylic acids is 2. The van der Waals surface area contributed by atoms with Crippen LogP contribution in [0.3, 0.4) is 0 Å². The molecule has 0 radical (unpaired) electrons. The van der Waals surface area contributed by atoms with E-state index in [1.54, 1.807) is 0 Å². The zero-order chi connectivity index (χ0) is 15.8. The van der Waals surface area contributed by atoms with Gasteiger partial charge in [-0.05, 0) is 38.1 Å². The summed E-state index contributed by atoms with van der Waals surface area (Å²) in [5, 5.41) is 3.02.